The molecule has 4 aromatic heterocycles. The van der Waals surface area contributed by atoms with Crippen molar-refractivity contribution in [2.45, 2.75) is 0 Å². The second kappa shape index (κ2) is 7.48. The van der Waals surface area contributed by atoms with Crippen LogP contribution in [-0.2, 0) is 0 Å². The standard InChI is InChI=1S/C20H18ClN7O/c1-26(2)18-7-4-13(8-24-18)16-10-25-19-11-22-15(12-28(16)19)20(29)27(3)14-5-6-17(21)23-9-14/h4-12H,1-3H3. The molecule has 9 heteroatoms. The maximum Gasteiger partial charge on any atom is 0.278 e. The normalized spacial score (nSPS) is 10.9. The van der Waals surface area contributed by atoms with Crippen molar-refractivity contribution in [2.24, 2.45) is 0 Å². The lowest BCUT2D eigenvalue weighted by Gasteiger charge is -2.16. The fourth-order valence-electron chi connectivity index (χ4n) is 2.87. The van der Waals surface area contributed by atoms with Gasteiger partial charge in [-0.05, 0) is 24.3 Å². The Balaban J connectivity index is 1.69. The molecule has 0 fully saturated rings. The first kappa shape index (κ1) is 18.8. The second-order valence-electron chi connectivity index (χ2n) is 6.65. The average molecular weight is 408 g/mol. The molecule has 146 valence electrons. The number of imidazole rings is 1. The zero-order chi connectivity index (χ0) is 20.5. The van der Waals surface area contributed by atoms with Crippen molar-refractivity contribution in [1.29, 1.82) is 0 Å². The molecule has 0 aliphatic rings. The number of aromatic nitrogens is 5. The van der Waals surface area contributed by atoms with E-state index in [9.17, 15) is 4.79 Å². The molecular formula is C20H18ClN7O. The topological polar surface area (TPSA) is 79.5 Å². The largest absolute Gasteiger partial charge is 0.363 e. The van der Waals surface area contributed by atoms with Crippen LogP contribution in [0.4, 0.5) is 11.5 Å². The van der Waals surface area contributed by atoms with E-state index in [-0.39, 0.29) is 11.6 Å². The van der Waals surface area contributed by atoms with Crippen LogP contribution in [0.2, 0.25) is 5.15 Å². The van der Waals surface area contributed by atoms with E-state index >= 15 is 0 Å². The third-order valence-corrected chi connectivity index (χ3v) is 4.74. The van der Waals surface area contributed by atoms with Crippen molar-refractivity contribution in [2.75, 3.05) is 30.9 Å². The van der Waals surface area contributed by atoms with E-state index < -0.39 is 0 Å². The summed E-state index contributed by atoms with van der Waals surface area (Å²) < 4.78 is 1.83. The van der Waals surface area contributed by atoms with Crippen molar-refractivity contribution >= 4 is 34.7 Å². The SMILES string of the molecule is CN(C)c1ccc(-c2cnc3cnc(C(=O)N(C)c4ccc(Cl)nc4)cn23)cn1. The highest BCUT2D eigenvalue weighted by molar-refractivity contribution is 6.29. The molecule has 4 heterocycles. The van der Waals surface area contributed by atoms with Crippen LogP contribution in [0.1, 0.15) is 10.5 Å². The van der Waals surface area contributed by atoms with Crippen LogP contribution in [0.3, 0.4) is 0 Å². The maximum atomic E-state index is 12.9. The van der Waals surface area contributed by atoms with Gasteiger partial charge in [0.25, 0.3) is 5.91 Å². The van der Waals surface area contributed by atoms with Crippen LogP contribution in [0.15, 0.2) is 55.2 Å². The smallest absolute Gasteiger partial charge is 0.278 e. The molecule has 29 heavy (non-hydrogen) atoms. The number of pyridine rings is 2. The summed E-state index contributed by atoms with van der Waals surface area (Å²) in [5.41, 5.74) is 3.26. The van der Waals surface area contributed by atoms with E-state index in [1.165, 1.54) is 4.90 Å². The highest BCUT2D eigenvalue weighted by atomic mass is 35.5. The van der Waals surface area contributed by atoms with Gasteiger partial charge < -0.3 is 9.80 Å². The monoisotopic (exact) mass is 407 g/mol. The number of amides is 1. The van der Waals surface area contributed by atoms with E-state index in [1.54, 1.807) is 50.2 Å². The number of carbonyl (C=O) groups is 1. The Morgan fingerprint density at radius 2 is 1.76 bits per heavy atom. The Bertz CT molecular complexity index is 1170. The van der Waals surface area contributed by atoms with Crippen LogP contribution in [0.5, 0.6) is 0 Å². The van der Waals surface area contributed by atoms with Crippen molar-refractivity contribution in [3.8, 4) is 11.3 Å². The number of fused-ring (bicyclic) bond motifs is 1. The molecule has 0 saturated heterocycles. The quantitative estimate of drug-likeness (QED) is 0.483. The molecule has 0 atom stereocenters. The van der Waals surface area contributed by atoms with Gasteiger partial charge in [-0.25, -0.2) is 19.9 Å². The molecule has 0 saturated carbocycles. The Labute approximate surface area is 172 Å². The first-order valence-electron chi connectivity index (χ1n) is 8.80. The lowest BCUT2D eigenvalue weighted by Crippen LogP contribution is -2.27. The van der Waals surface area contributed by atoms with Gasteiger partial charge >= 0.3 is 0 Å². The Kier molecular flexibility index (Phi) is 4.85. The number of hydrogen-bond donors (Lipinski definition) is 0. The molecule has 0 spiro atoms. The molecular weight excluding hydrogens is 390 g/mol. The minimum absolute atomic E-state index is 0.267. The van der Waals surface area contributed by atoms with Gasteiger partial charge in [-0.1, -0.05) is 11.6 Å². The van der Waals surface area contributed by atoms with Crippen LogP contribution in [0.25, 0.3) is 16.9 Å². The minimum atomic E-state index is -0.267. The number of rotatable bonds is 4. The lowest BCUT2D eigenvalue weighted by molar-refractivity contribution is 0.0987. The lowest BCUT2D eigenvalue weighted by atomic mass is 10.2. The molecule has 4 aromatic rings. The van der Waals surface area contributed by atoms with Gasteiger partial charge in [-0.3, -0.25) is 9.20 Å². The summed E-state index contributed by atoms with van der Waals surface area (Å²) in [6.07, 6.45) is 8.32. The van der Waals surface area contributed by atoms with Gasteiger partial charge in [0.1, 0.15) is 16.7 Å². The van der Waals surface area contributed by atoms with Crippen molar-refractivity contribution < 1.29 is 4.79 Å². The summed E-state index contributed by atoms with van der Waals surface area (Å²) in [6.45, 7) is 0. The number of anilines is 2. The molecule has 8 nitrogen and oxygen atoms in total. The highest BCUT2D eigenvalue weighted by Gasteiger charge is 2.17. The number of hydrogen-bond acceptors (Lipinski definition) is 6. The average Bonchev–Trinajstić information content (AvgIpc) is 3.16. The number of carbonyl (C=O) groups excluding carboxylic acids is 1. The molecule has 0 N–H and O–H groups in total. The second-order valence-corrected chi connectivity index (χ2v) is 7.03. The molecule has 0 radical (unpaired) electrons. The van der Waals surface area contributed by atoms with Gasteiger partial charge in [-0.2, -0.15) is 0 Å². The first-order chi connectivity index (χ1) is 13.9. The van der Waals surface area contributed by atoms with Crippen molar-refractivity contribution in [3.05, 3.63) is 66.1 Å². The van der Waals surface area contributed by atoms with Gasteiger partial charge in [0.15, 0.2) is 5.65 Å². The summed E-state index contributed by atoms with van der Waals surface area (Å²) in [6, 6.07) is 7.27. The van der Waals surface area contributed by atoms with Gasteiger partial charge in [0.05, 0.1) is 30.0 Å². The summed E-state index contributed by atoms with van der Waals surface area (Å²) >= 11 is 5.82. The molecule has 0 bridgehead atoms. The van der Waals surface area contributed by atoms with Gasteiger partial charge in [0, 0.05) is 39.1 Å². The third-order valence-electron chi connectivity index (χ3n) is 4.52. The van der Waals surface area contributed by atoms with E-state index in [4.69, 9.17) is 11.6 Å². The fourth-order valence-corrected chi connectivity index (χ4v) is 2.98. The molecule has 0 aliphatic heterocycles. The summed E-state index contributed by atoms with van der Waals surface area (Å²) in [4.78, 5) is 33.4. The third kappa shape index (κ3) is 3.62. The summed E-state index contributed by atoms with van der Waals surface area (Å²) in [7, 11) is 5.54. The zero-order valence-electron chi connectivity index (χ0n) is 16.1. The summed E-state index contributed by atoms with van der Waals surface area (Å²) in [5.74, 6) is 0.593. The number of nitrogens with zero attached hydrogens (tertiary/aromatic N) is 7. The number of halogens is 1. The van der Waals surface area contributed by atoms with Gasteiger partial charge in [-0.15, -0.1) is 0 Å². The molecule has 0 aliphatic carbocycles. The van der Waals surface area contributed by atoms with Crippen LogP contribution < -0.4 is 9.80 Å². The molecule has 0 unspecified atom stereocenters. The first-order valence-corrected chi connectivity index (χ1v) is 9.18. The van der Waals surface area contributed by atoms with E-state index in [1.807, 2.05) is 35.5 Å². The predicted molar refractivity (Wildman–Crippen MR) is 113 cm³/mol. The van der Waals surface area contributed by atoms with Crippen LogP contribution >= 0.6 is 11.6 Å². The van der Waals surface area contributed by atoms with Crippen LogP contribution in [0, 0.1) is 0 Å². The minimum Gasteiger partial charge on any atom is -0.363 e. The fraction of sp³-hybridized carbons (Fsp3) is 0.150. The van der Waals surface area contributed by atoms with Crippen molar-refractivity contribution in [3.63, 3.8) is 0 Å². The van der Waals surface area contributed by atoms with Crippen molar-refractivity contribution in [1.82, 2.24) is 24.3 Å². The Morgan fingerprint density at radius 1 is 0.931 bits per heavy atom. The van der Waals surface area contributed by atoms with Gasteiger partial charge in [0.2, 0.25) is 0 Å². The Hall–Kier alpha value is -3.52. The predicted octanol–water partition coefficient (Wildman–Crippen LogP) is 3.18. The highest BCUT2D eigenvalue weighted by Crippen LogP contribution is 2.22. The van der Waals surface area contributed by atoms with E-state index in [0.29, 0.717) is 16.5 Å². The summed E-state index contributed by atoms with van der Waals surface area (Å²) in [5, 5.41) is 0.367. The zero-order valence-corrected chi connectivity index (χ0v) is 16.9. The van der Waals surface area contributed by atoms with E-state index in [0.717, 1.165) is 17.1 Å². The molecule has 1 amide bonds. The Morgan fingerprint density at radius 3 is 2.41 bits per heavy atom. The van der Waals surface area contributed by atoms with Crippen LogP contribution in [-0.4, -0.2) is 51.4 Å². The van der Waals surface area contributed by atoms with E-state index in [2.05, 4.69) is 19.9 Å². The maximum absolute atomic E-state index is 12.9. The molecule has 4 rings (SSSR count). The molecule has 0 aromatic carbocycles.